The SMILES string of the molecule is Cc1ccc(CO)cc1S(=O)(=O)NCCOCC1CC1. The number of aryl methyl sites for hydroxylation is 1. The maximum absolute atomic E-state index is 12.2. The van der Waals surface area contributed by atoms with Gasteiger partial charge < -0.3 is 9.84 Å². The highest BCUT2D eigenvalue weighted by molar-refractivity contribution is 7.89. The van der Waals surface area contributed by atoms with Crippen LogP contribution in [0.25, 0.3) is 0 Å². The third kappa shape index (κ3) is 4.28. The molecule has 0 unspecified atom stereocenters. The van der Waals surface area contributed by atoms with Crippen LogP contribution in [-0.4, -0.2) is 33.3 Å². The number of rotatable bonds is 8. The lowest BCUT2D eigenvalue weighted by Gasteiger charge is -2.10. The summed E-state index contributed by atoms with van der Waals surface area (Å²) >= 11 is 0. The van der Waals surface area contributed by atoms with Crippen LogP contribution >= 0.6 is 0 Å². The van der Waals surface area contributed by atoms with E-state index in [1.54, 1.807) is 19.1 Å². The van der Waals surface area contributed by atoms with Crippen LogP contribution in [0.4, 0.5) is 0 Å². The monoisotopic (exact) mass is 299 g/mol. The van der Waals surface area contributed by atoms with Crippen molar-refractivity contribution in [1.82, 2.24) is 4.72 Å². The Balaban J connectivity index is 1.91. The molecule has 0 aliphatic heterocycles. The highest BCUT2D eigenvalue weighted by atomic mass is 32.2. The number of ether oxygens (including phenoxy) is 1. The average molecular weight is 299 g/mol. The fourth-order valence-electron chi connectivity index (χ4n) is 1.89. The molecule has 1 aliphatic rings. The highest BCUT2D eigenvalue weighted by Gasteiger charge is 2.21. The molecule has 1 aliphatic carbocycles. The molecule has 0 bridgehead atoms. The summed E-state index contributed by atoms with van der Waals surface area (Å²) in [6, 6.07) is 4.92. The Hall–Kier alpha value is -0.950. The summed E-state index contributed by atoms with van der Waals surface area (Å²) in [5, 5.41) is 9.09. The lowest BCUT2D eigenvalue weighted by molar-refractivity contribution is 0.129. The second-order valence-electron chi connectivity index (χ2n) is 5.17. The van der Waals surface area contributed by atoms with Crippen molar-refractivity contribution in [2.45, 2.75) is 31.3 Å². The van der Waals surface area contributed by atoms with Crippen LogP contribution in [0.1, 0.15) is 24.0 Å². The van der Waals surface area contributed by atoms with Crippen molar-refractivity contribution in [3.8, 4) is 0 Å². The summed E-state index contributed by atoms with van der Waals surface area (Å²) in [5.41, 5.74) is 1.24. The van der Waals surface area contributed by atoms with Crippen molar-refractivity contribution in [2.75, 3.05) is 19.8 Å². The molecule has 1 aromatic carbocycles. The fourth-order valence-corrected chi connectivity index (χ4v) is 3.20. The molecule has 1 aromatic rings. The van der Waals surface area contributed by atoms with E-state index >= 15 is 0 Å². The molecule has 112 valence electrons. The van der Waals surface area contributed by atoms with Gasteiger partial charge in [-0.25, -0.2) is 13.1 Å². The van der Waals surface area contributed by atoms with Gasteiger partial charge in [0.15, 0.2) is 0 Å². The minimum atomic E-state index is -3.55. The Morgan fingerprint density at radius 2 is 2.15 bits per heavy atom. The highest BCUT2D eigenvalue weighted by Crippen LogP contribution is 2.28. The van der Waals surface area contributed by atoms with E-state index in [0.29, 0.717) is 23.7 Å². The Labute approximate surface area is 120 Å². The number of hydrogen-bond donors (Lipinski definition) is 2. The lowest BCUT2D eigenvalue weighted by atomic mass is 10.2. The van der Waals surface area contributed by atoms with Gasteiger partial charge in [0, 0.05) is 13.2 Å². The van der Waals surface area contributed by atoms with Gasteiger partial charge in [0.1, 0.15) is 0 Å². The molecule has 1 fully saturated rings. The zero-order valence-electron chi connectivity index (χ0n) is 11.6. The molecule has 0 atom stereocenters. The van der Waals surface area contributed by atoms with Crippen LogP contribution in [0.5, 0.6) is 0 Å². The first-order valence-electron chi connectivity index (χ1n) is 6.81. The van der Waals surface area contributed by atoms with Gasteiger partial charge in [0.2, 0.25) is 10.0 Å². The topological polar surface area (TPSA) is 75.6 Å². The smallest absolute Gasteiger partial charge is 0.240 e. The first-order valence-corrected chi connectivity index (χ1v) is 8.29. The largest absolute Gasteiger partial charge is 0.392 e. The Morgan fingerprint density at radius 3 is 2.80 bits per heavy atom. The summed E-state index contributed by atoms with van der Waals surface area (Å²) in [6.07, 6.45) is 2.44. The molecule has 20 heavy (non-hydrogen) atoms. The number of aliphatic hydroxyl groups excluding tert-OH is 1. The Bertz CT molecular complexity index is 552. The fraction of sp³-hybridized carbons (Fsp3) is 0.571. The van der Waals surface area contributed by atoms with Crippen LogP contribution in [0.2, 0.25) is 0 Å². The minimum Gasteiger partial charge on any atom is -0.392 e. The first kappa shape index (κ1) is 15.4. The van der Waals surface area contributed by atoms with Crippen molar-refractivity contribution in [3.63, 3.8) is 0 Å². The summed E-state index contributed by atoms with van der Waals surface area (Å²) in [6.45, 7) is 2.93. The summed E-state index contributed by atoms with van der Waals surface area (Å²) in [4.78, 5) is 0.214. The average Bonchev–Trinajstić information content (AvgIpc) is 3.23. The van der Waals surface area contributed by atoms with Crippen LogP contribution in [0, 0.1) is 12.8 Å². The number of hydrogen-bond acceptors (Lipinski definition) is 4. The standard InChI is InChI=1S/C14H21NO4S/c1-11-2-3-13(9-16)8-14(11)20(17,18)15-6-7-19-10-12-4-5-12/h2-3,8,12,15-16H,4-7,9-10H2,1H3. The van der Waals surface area contributed by atoms with E-state index < -0.39 is 10.0 Å². The van der Waals surface area contributed by atoms with E-state index in [9.17, 15) is 8.42 Å². The summed E-state index contributed by atoms with van der Waals surface area (Å²) in [5.74, 6) is 0.676. The molecule has 0 heterocycles. The van der Waals surface area contributed by atoms with Crippen molar-refractivity contribution < 1.29 is 18.3 Å². The molecule has 2 rings (SSSR count). The van der Waals surface area contributed by atoms with E-state index in [-0.39, 0.29) is 18.0 Å². The van der Waals surface area contributed by atoms with Gasteiger partial charge in [-0.2, -0.15) is 0 Å². The third-order valence-corrected chi connectivity index (χ3v) is 4.92. The Kier molecular flexibility index (Phi) is 5.15. The van der Waals surface area contributed by atoms with Crippen LogP contribution < -0.4 is 4.72 Å². The maximum Gasteiger partial charge on any atom is 0.240 e. The second-order valence-corrected chi connectivity index (χ2v) is 6.91. The predicted molar refractivity (Wildman–Crippen MR) is 75.8 cm³/mol. The second kappa shape index (κ2) is 6.67. The van der Waals surface area contributed by atoms with Gasteiger partial charge >= 0.3 is 0 Å². The molecule has 0 amide bonds. The summed E-state index contributed by atoms with van der Waals surface area (Å²) in [7, 11) is -3.55. The predicted octanol–water partition coefficient (Wildman–Crippen LogP) is 1.19. The number of sulfonamides is 1. The third-order valence-electron chi connectivity index (χ3n) is 3.31. The van der Waals surface area contributed by atoms with Crippen LogP contribution in [0.3, 0.4) is 0 Å². The van der Waals surface area contributed by atoms with Crippen LogP contribution in [0.15, 0.2) is 23.1 Å². The quantitative estimate of drug-likeness (QED) is 0.707. The molecule has 0 radical (unpaired) electrons. The molecule has 0 saturated heterocycles. The molecule has 5 nitrogen and oxygen atoms in total. The van der Waals surface area contributed by atoms with Gasteiger partial charge in [0.05, 0.1) is 18.1 Å². The molecule has 0 spiro atoms. The lowest BCUT2D eigenvalue weighted by Crippen LogP contribution is -2.28. The van der Waals surface area contributed by atoms with Crippen molar-refractivity contribution in [2.24, 2.45) is 5.92 Å². The van der Waals surface area contributed by atoms with Gasteiger partial charge in [-0.1, -0.05) is 12.1 Å². The molecule has 2 N–H and O–H groups in total. The normalized spacial score (nSPS) is 15.5. The van der Waals surface area contributed by atoms with Gasteiger partial charge in [-0.3, -0.25) is 0 Å². The van der Waals surface area contributed by atoms with Gasteiger partial charge in [-0.15, -0.1) is 0 Å². The molecular formula is C14H21NO4S. The van der Waals surface area contributed by atoms with E-state index in [2.05, 4.69) is 4.72 Å². The van der Waals surface area contributed by atoms with Crippen molar-refractivity contribution in [1.29, 1.82) is 0 Å². The molecule has 1 saturated carbocycles. The van der Waals surface area contributed by atoms with Crippen molar-refractivity contribution >= 4 is 10.0 Å². The molecule has 6 heteroatoms. The maximum atomic E-state index is 12.2. The number of benzene rings is 1. The zero-order valence-corrected chi connectivity index (χ0v) is 12.4. The van der Waals surface area contributed by atoms with E-state index in [0.717, 1.165) is 6.61 Å². The number of aliphatic hydroxyl groups is 1. The molecular weight excluding hydrogens is 278 g/mol. The molecule has 0 aromatic heterocycles. The zero-order chi connectivity index (χ0) is 14.6. The van der Waals surface area contributed by atoms with Crippen LogP contribution in [-0.2, 0) is 21.4 Å². The number of nitrogens with one attached hydrogen (secondary N) is 1. The first-order chi connectivity index (χ1) is 9.53. The Morgan fingerprint density at radius 1 is 1.40 bits per heavy atom. The summed E-state index contributed by atoms with van der Waals surface area (Å²) < 4.78 is 32.3. The van der Waals surface area contributed by atoms with E-state index in [4.69, 9.17) is 9.84 Å². The minimum absolute atomic E-state index is 0.173. The van der Waals surface area contributed by atoms with E-state index in [1.807, 2.05) is 0 Å². The van der Waals surface area contributed by atoms with Crippen molar-refractivity contribution in [3.05, 3.63) is 29.3 Å². The van der Waals surface area contributed by atoms with Gasteiger partial charge in [-0.05, 0) is 42.9 Å². The van der Waals surface area contributed by atoms with Gasteiger partial charge in [0.25, 0.3) is 0 Å². The van der Waals surface area contributed by atoms with E-state index in [1.165, 1.54) is 18.9 Å².